The zero-order chi connectivity index (χ0) is 34.1. The molecular weight excluding hydrogens is 635 g/mol. The van der Waals surface area contributed by atoms with Crippen LogP contribution >= 0.6 is 11.8 Å². The fourth-order valence-electron chi connectivity index (χ4n) is 8.37. The second-order valence-electron chi connectivity index (χ2n) is 15.7. The number of H-pyrrole nitrogens is 1. The van der Waals surface area contributed by atoms with Crippen LogP contribution in [0.4, 0.5) is 5.69 Å². The lowest BCUT2D eigenvalue weighted by Crippen LogP contribution is -2.47. The van der Waals surface area contributed by atoms with Crippen molar-refractivity contribution in [3.05, 3.63) is 58.6 Å². The summed E-state index contributed by atoms with van der Waals surface area (Å²) in [7, 11) is 0. The van der Waals surface area contributed by atoms with Gasteiger partial charge in [-0.25, -0.2) is 9.78 Å². The van der Waals surface area contributed by atoms with E-state index >= 15 is 0 Å². The van der Waals surface area contributed by atoms with E-state index in [0.717, 1.165) is 25.0 Å². The maximum atomic E-state index is 14.2. The number of imidazole rings is 1. The summed E-state index contributed by atoms with van der Waals surface area (Å²) in [5, 5.41) is -0.521. The third-order valence-electron chi connectivity index (χ3n) is 11.2. The summed E-state index contributed by atoms with van der Waals surface area (Å²) in [5.74, 6) is 0.112. The van der Waals surface area contributed by atoms with Gasteiger partial charge in [-0.15, -0.1) is 11.8 Å². The quantitative estimate of drug-likeness (QED) is 0.319. The molecule has 11 heteroatoms. The van der Waals surface area contributed by atoms with Crippen molar-refractivity contribution in [2.45, 2.75) is 101 Å². The fraction of sp³-hybridized carbons (Fsp3) is 0.632. The lowest BCUT2D eigenvalue weighted by Gasteiger charge is -2.42. The van der Waals surface area contributed by atoms with Gasteiger partial charge in [0.05, 0.1) is 10.8 Å². The summed E-state index contributed by atoms with van der Waals surface area (Å²) in [6.07, 6.45) is 10.5. The minimum atomic E-state index is -0.407. The van der Waals surface area contributed by atoms with E-state index in [1.165, 1.54) is 56.4 Å². The highest BCUT2D eigenvalue weighted by atomic mass is 32.2. The van der Waals surface area contributed by atoms with E-state index in [1.807, 2.05) is 17.0 Å². The number of thioether (sulfide) groups is 1. The maximum absolute atomic E-state index is 14.2. The van der Waals surface area contributed by atoms with Crippen LogP contribution in [0.25, 0.3) is 11.2 Å². The molecule has 0 spiro atoms. The molecular formula is C38H53N7O3S. The molecule has 7 rings (SSSR count). The Balaban J connectivity index is 1.03. The van der Waals surface area contributed by atoms with E-state index in [4.69, 9.17) is 0 Å². The Bertz CT molecular complexity index is 1680. The molecule has 49 heavy (non-hydrogen) atoms. The number of nitrogens with zero attached hydrogens (tertiary/aromatic N) is 6. The molecule has 264 valence electrons. The minimum absolute atomic E-state index is 0.00989. The summed E-state index contributed by atoms with van der Waals surface area (Å²) in [6, 6.07) is 13.1. The Hall–Kier alpha value is -3.31. The summed E-state index contributed by atoms with van der Waals surface area (Å²) in [4.78, 5) is 57.1. The first-order valence-corrected chi connectivity index (χ1v) is 19.5. The standard InChI is InChI=1S/C38H53N7O3S/c1-38(2,3)17-25-44-35(47)32(26-33(46)43-23-15-28(16-24-43)45-31-12-9-18-39-34(31)40-37(45)48)49-36(44)29-10-5-6-11-30(29)42-21-13-27(14-22-42)41-19-7-4-8-20-41/h5-6,9-12,18,27-28,32,36H,4,7-8,13-17,19-26H2,1-3H3,(H,39,40,48). The molecule has 3 aromatic rings. The van der Waals surface area contributed by atoms with Crippen LogP contribution in [0.1, 0.15) is 95.5 Å². The number of piperidine rings is 3. The number of benzene rings is 1. The van der Waals surface area contributed by atoms with Crippen molar-refractivity contribution >= 4 is 40.4 Å². The van der Waals surface area contributed by atoms with Crippen LogP contribution in [0, 0.1) is 5.41 Å². The van der Waals surface area contributed by atoms with E-state index in [-0.39, 0.29) is 40.8 Å². The second-order valence-corrected chi connectivity index (χ2v) is 17.0. The largest absolute Gasteiger partial charge is 0.371 e. The van der Waals surface area contributed by atoms with Gasteiger partial charge in [0, 0.05) is 68.7 Å². The Kier molecular flexibility index (Phi) is 10.1. The van der Waals surface area contributed by atoms with E-state index in [1.54, 1.807) is 22.5 Å². The molecule has 4 fully saturated rings. The zero-order valence-corrected chi connectivity index (χ0v) is 30.3. The first-order chi connectivity index (χ1) is 23.7. The normalized spacial score (nSPS) is 23.6. The predicted molar refractivity (Wildman–Crippen MR) is 197 cm³/mol. The third kappa shape index (κ3) is 7.43. The van der Waals surface area contributed by atoms with Gasteiger partial charge in [-0.05, 0) is 81.6 Å². The molecule has 0 radical (unpaired) electrons. The number of rotatable bonds is 8. The number of anilines is 1. The molecule has 1 N–H and O–H groups in total. The summed E-state index contributed by atoms with van der Waals surface area (Å²) in [5.41, 5.74) is 3.77. The van der Waals surface area contributed by atoms with Crippen LogP contribution in [-0.2, 0) is 9.59 Å². The Morgan fingerprint density at radius 2 is 1.61 bits per heavy atom. The predicted octanol–water partition coefficient (Wildman–Crippen LogP) is 5.81. The fourth-order valence-corrected chi connectivity index (χ4v) is 9.87. The van der Waals surface area contributed by atoms with Crippen molar-refractivity contribution < 1.29 is 9.59 Å². The SMILES string of the molecule is CC(C)(C)CCN1C(=O)C(CC(=O)N2CCC(n3c(=O)[nH]c4ncccc43)CC2)SC1c1ccccc1N1CCC(N2CCCCC2)CC1. The van der Waals surface area contributed by atoms with Crippen LogP contribution in [0.5, 0.6) is 0 Å². The van der Waals surface area contributed by atoms with Crippen LogP contribution in [0.3, 0.4) is 0 Å². The van der Waals surface area contributed by atoms with Gasteiger partial charge in [0.25, 0.3) is 0 Å². The number of para-hydroxylation sites is 1. The summed E-state index contributed by atoms with van der Waals surface area (Å²) in [6.45, 7) is 13.0. The number of hydrogen-bond donors (Lipinski definition) is 1. The first-order valence-electron chi connectivity index (χ1n) is 18.5. The van der Waals surface area contributed by atoms with Gasteiger partial charge in [0.1, 0.15) is 5.37 Å². The molecule has 2 amide bonds. The number of aromatic amines is 1. The molecule has 10 nitrogen and oxygen atoms in total. The molecule has 2 aromatic heterocycles. The Morgan fingerprint density at radius 1 is 0.898 bits per heavy atom. The van der Waals surface area contributed by atoms with E-state index in [2.05, 4.69) is 69.7 Å². The average Bonchev–Trinajstić information content (AvgIpc) is 3.62. The van der Waals surface area contributed by atoms with Crippen LogP contribution < -0.4 is 10.6 Å². The lowest BCUT2D eigenvalue weighted by atomic mass is 9.92. The second kappa shape index (κ2) is 14.5. The molecule has 4 aliphatic heterocycles. The Morgan fingerprint density at radius 3 is 2.35 bits per heavy atom. The van der Waals surface area contributed by atoms with Gasteiger partial charge in [-0.3, -0.25) is 19.1 Å². The van der Waals surface area contributed by atoms with Crippen LogP contribution in [-0.4, -0.2) is 98.2 Å². The molecule has 2 unspecified atom stereocenters. The average molecular weight is 688 g/mol. The van der Waals surface area contributed by atoms with Gasteiger partial charge in [-0.2, -0.15) is 0 Å². The number of fused-ring (bicyclic) bond motifs is 1. The Labute approximate surface area is 294 Å². The summed E-state index contributed by atoms with van der Waals surface area (Å²) >= 11 is 1.66. The number of carbonyl (C=O) groups excluding carboxylic acids is 2. The van der Waals surface area contributed by atoms with Crippen molar-refractivity contribution in [2.24, 2.45) is 5.41 Å². The number of hydrogen-bond acceptors (Lipinski definition) is 7. The number of likely N-dealkylation sites (tertiary alicyclic amines) is 2. The highest BCUT2D eigenvalue weighted by Gasteiger charge is 2.44. The van der Waals surface area contributed by atoms with Gasteiger partial charge in [-0.1, -0.05) is 45.4 Å². The smallest absolute Gasteiger partial charge is 0.327 e. The zero-order valence-electron chi connectivity index (χ0n) is 29.5. The molecule has 6 heterocycles. The first kappa shape index (κ1) is 34.2. The van der Waals surface area contributed by atoms with E-state index < -0.39 is 5.25 Å². The highest BCUT2D eigenvalue weighted by Crippen LogP contribution is 2.48. The van der Waals surface area contributed by atoms with Gasteiger partial charge < -0.3 is 19.6 Å². The summed E-state index contributed by atoms with van der Waals surface area (Å²) < 4.78 is 1.80. The third-order valence-corrected chi connectivity index (χ3v) is 12.6. The van der Waals surface area contributed by atoms with E-state index in [9.17, 15) is 14.4 Å². The molecule has 0 aliphatic carbocycles. The van der Waals surface area contributed by atoms with Crippen LogP contribution in [0.2, 0.25) is 0 Å². The monoisotopic (exact) mass is 687 g/mol. The highest BCUT2D eigenvalue weighted by molar-refractivity contribution is 8.01. The van der Waals surface area contributed by atoms with Crippen molar-refractivity contribution in [3.8, 4) is 0 Å². The van der Waals surface area contributed by atoms with Crippen molar-refractivity contribution in [3.63, 3.8) is 0 Å². The van der Waals surface area contributed by atoms with Crippen molar-refractivity contribution in [1.29, 1.82) is 0 Å². The lowest BCUT2D eigenvalue weighted by molar-refractivity contribution is -0.136. The molecule has 0 bridgehead atoms. The van der Waals surface area contributed by atoms with E-state index in [0.29, 0.717) is 44.2 Å². The number of carbonyl (C=O) groups is 2. The number of pyridine rings is 1. The van der Waals surface area contributed by atoms with Crippen LogP contribution in [0.15, 0.2) is 47.4 Å². The maximum Gasteiger partial charge on any atom is 0.327 e. The molecule has 1 aromatic carbocycles. The number of nitrogens with one attached hydrogen (secondary N) is 1. The number of aromatic nitrogens is 3. The van der Waals surface area contributed by atoms with Gasteiger partial charge >= 0.3 is 5.69 Å². The van der Waals surface area contributed by atoms with Gasteiger partial charge in [0.15, 0.2) is 5.65 Å². The van der Waals surface area contributed by atoms with Crippen molar-refractivity contribution in [2.75, 3.05) is 50.7 Å². The molecule has 4 aliphatic rings. The van der Waals surface area contributed by atoms with Gasteiger partial charge in [0.2, 0.25) is 11.8 Å². The molecule has 0 saturated carbocycles. The molecule has 4 saturated heterocycles. The topological polar surface area (TPSA) is 97.8 Å². The minimum Gasteiger partial charge on any atom is -0.371 e. The number of amides is 2. The van der Waals surface area contributed by atoms with Crippen molar-refractivity contribution in [1.82, 2.24) is 29.2 Å². The molecule has 2 atom stereocenters.